The fourth-order valence-corrected chi connectivity index (χ4v) is 4.19. The quantitative estimate of drug-likeness (QED) is 0.273. The molecular formula is C27H31F3N8O3. The summed E-state index contributed by atoms with van der Waals surface area (Å²) in [5, 5.41) is 3.87. The summed E-state index contributed by atoms with van der Waals surface area (Å²) in [6.07, 6.45) is 0.982. The molecule has 1 aliphatic rings. The van der Waals surface area contributed by atoms with Crippen LogP contribution in [0.1, 0.15) is 21.6 Å². The van der Waals surface area contributed by atoms with Gasteiger partial charge in [-0.05, 0) is 32.2 Å². The smallest absolute Gasteiger partial charge is 0.495 e. The molecule has 2 aromatic heterocycles. The number of hydrogen-bond acceptors (Lipinski definition) is 10. The molecule has 14 heteroatoms. The Bertz CT molecular complexity index is 1430. The largest absolute Gasteiger partial charge is 0.573 e. The number of nitrogens with two attached hydrogens (primary N) is 2. The number of carbonyl (C=O) groups is 1. The van der Waals surface area contributed by atoms with E-state index in [2.05, 4.69) is 24.9 Å². The summed E-state index contributed by atoms with van der Waals surface area (Å²) < 4.78 is 48.5. The molecule has 41 heavy (non-hydrogen) atoms. The highest BCUT2D eigenvalue weighted by Gasteiger charge is 2.32. The van der Waals surface area contributed by atoms with Crippen molar-refractivity contribution in [3.05, 3.63) is 71.9 Å². The van der Waals surface area contributed by atoms with Crippen LogP contribution in [0, 0.1) is 6.92 Å². The molecule has 1 aliphatic heterocycles. The zero-order valence-electron chi connectivity index (χ0n) is 22.8. The second-order valence-corrected chi connectivity index (χ2v) is 9.44. The topological polar surface area (TPSA) is 135 Å². The minimum Gasteiger partial charge on any atom is -0.495 e. The van der Waals surface area contributed by atoms with Crippen molar-refractivity contribution < 1.29 is 27.4 Å². The van der Waals surface area contributed by atoms with Gasteiger partial charge in [0.05, 0.1) is 35.9 Å². The maximum Gasteiger partial charge on any atom is 0.573 e. The summed E-state index contributed by atoms with van der Waals surface area (Å²) in [5.41, 5.74) is 8.69. The molecule has 1 amide bonds. The average molecular weight is 573 g/mol. The lowest BCUT2D eigenvalue weighted by atomic mass is 10.1. The Kier molecular flexibility index (Phi) is 8.83. The third-order valence-corrected chi connectivity index (χ3v) is 6.41. The van der Waals surface area contributed by atoms with Gasteiger partial charge in [-0.25, -0.2) is 5.84 Å². The van der Waals surface area contributed by atoms with Crippen LogP contribution in [0.25, 0.3) is 5.70 Å². The number of aryl methyl sites for hydroxylation is 1. The minimum absolute atomic E-state index is 0.124. The first kappa shape index (κ1) is 29.4. The maximum atomic E-state index is 13.2. The van der Waals surface area contributed by atoms with Crippen LogP contribution >= 0.6 is 0 Å². The number of rotatable bonds is 8. The van der Waals surface area contributed by atoms with Crippen molar-refractivity contribution >= 4 is 28.7 Å². The van der Waals surface area contributed by atoms with E-state index in [1.54, 1.807) is 25.3 Å². The summed E-state index contributed by atoms with van der Waals surface area (Å²) in [4.78, 5) is 25.6. The lowest BCUT2D eigenvalue weighted by molar-refractivity contribution is -0.274. The number of alkyl halides is 3. The maximum absolute atomic E-state index is 13.2. The summed E-state index contributed by atoms with van der Waals surface area (Å²) in [5.74, 6) is 5.71. The van der Waals surface area contributed by atoms with Crippen LogP contribution in [0.5, 0.6) is 11.5 Å². The predicted octanol–water partition coefficient (Wildman–Crippen LogP) is 3.33. The van der Waals surface area contributed by atoms with Crippen LogP contribution in [-0.4, -0.2) is 67.5 Å². The fraction of sp³-hybridized carbons (Fsp3) is 0.296. The third-order valence-electron chi connectivity index (χ3n) is 6.41. The van der Waals surface area contributed by atoms with Gasteiger partial charge in [0.15, 0.2) is 0 Å². The molecule has 1 saturated heterocycles. The molecule has 5 N–H and O–H groups in total. The van der Waals surface area contributed by atoms with Gasteiger partial charge in [-0.3, -0.25) is 19.8 Å². The van der Waals surface area contributed by atoms with Crippen LogP contribution in [0.2, 0.25) is 0 Å². The van der Waals surface area contributed by atoms with Crippen molar-refractivity contribution in [2.75, 3.05) is 55.6 Å². The van der Waals surface area contributed by atoms with E-state index in [9.17, 15) is 18.0 Å². The molecule has 0 spiro atoms. The van der Waals surface area contributed by atoms with Crippen molar-refractivity contribution in [3.63, 3.8) is 0 Å². The lowest BCUT2D eigenvalue weighted by Crippen LogP contribution is -2.44. The van der Waals surface area contributed by atoms with Crippen LogP contribution in [0.3, 0.4) is 0 Å². The number of piperazine rings is 1. The Balaban J connectivity index is 1.58. The van der Waals surface area contributed by atoms with Gasteiger partial charge in [0.2, 0.25) is 0 Å². The van der Waals surface area contributed by atoms with Gasteiger partial charge < -0.3 is 30.3 Å². The summed E-state index contributed by atoms with van der Waals surface area (Å²) in [7, 11) is 3.48. The highest BCUT2D eigenvalue weighted by molar-refractivity contribution is 6.05. The van der Waals surface area contributed by atoms with E-state index >= 15 is 0 Å². The number of ether oxygens (including phenoxy) is 2. The van der Waals surface area contributed by atoms with Gasteiger partial charge >= 0.3 is 6.36 Å². The SMILES string of the molecule is COc1cncc(/C(N)=C/N(N)c2cc(C(=O)Nc3cc(OC(F)(F)F)cc(N4CCN(C)CC4)c3)cnc2C)c1. The molecule has 0 unspecified atom stereocenters. The number of nitrogens with one attached hydrogen (secondary N) is 1. The summed E-state index contributed by atoms with van der Waals surface area (Å²) >= 11 is 0. The zero-order valence-corrected chi connectivity index (χ0v) is 22.8. The Hall–Kier alpha value is -4.56. The van der Waals surface area contributed by atoms with Crippen molar-refractivity contribution in [1.29, 1.82) is 0 Å². The molecular weight excluding hydrogens is 541 g/mol. The number of nitrogens with zero attached hydrogens (tertiary/aromatic N) is 5. The number of hydrogen-bond donors (Lipinski definition) is 3. The van der Waals surface area contributed by atoms with Crippen molar-refractivity contribution in [3.8, 4) is 11.5 Å². The minimum atomic E-state index is -4.89. The molecule has 3 aromatic rings. The van der Waals surface area contributed by atoms with Crippen LogP contribution in [0.4, 0.5) is 30.2 Å². The number of carbonyl (C=O) groups excluding carboxylic acids is 1. The van der Waals surface area contributed by atoms with E-state index in [0.29, 0.717) is 41.5 Å². The van der Waals surface area contributed by atoms with Gasteiger partial charge in [0.1, 0.15) is 11.5 Å². The number of pyridine rings is 2. The van der Waals surface area contributed by atoms with Gasteiger partial charge in [0, 0.05) is 73.8 Å². The summed E-state index contributed by atoms with van der Waals surface area (Å²) in [6.45, 7) is 4.41. The number of likely N-dealkylation sites (N-methyl/N-ethyl adjacent to an activating group) is 1. The first-order valence-corrected chi connectivity index (χ1v) is 12.5. The second-order valence-electron chi connectivity index (χ2n) is 9.44. The van der Waals surface area contributed by atoms with E-state index in [0.717, 1.165) is 19.2 Å². The number of hydrazine groups is 1. The molecule has 3 heterocycles. The van der Waals surface area contributed by atoms with Gasteiger partial charge in [0.25, 0.3) is 5.91 Å². The van der Waals surface area contributed by atoms with E-state index in [4.69, 9.17) is 16.3 Å². The van der Waals surface area contributed by atoms with Gasteiger partial charge in [-0.2, -0.15) is 0 Å². The normalized spacial score (nSPS) is 14.5. The Morgan fingerprint density at radius 3 is 2.46 bits per heavy atom. The highest BCUT2D eigenvalue weighted by atomic mass is 19.4. The fourth-order valence-electron chi connectivity index (χ4n) is 4.19. The third kappa shape index (κ3) is 7.77. The van der Waals surface area contributed by atoms with E-state index in [1.807, 2.05) is 11.9 Å². The first-order chi connectivity index (χ1) is 19.4. The Morgan fingerprint density at radius 2 is 1.78 bits per heavy atom. The van der Waals surface area contributed by atoms with Crippen molar-refractivity contribution in [1.82, 2.24) is 14.9 Å². The zero-order chi connectivity index (χ0) is 29.7. The van der Waals surface area contributed by atoms with Crippen LogP contribution in [-0.2, 0) is 0 Å². The Morgan fingerprint density at radius 1 is 1.05 bits per heavy atom. The van der Waals surface area contributed by atoms with Crippen LogP contribution < -0.4 is 36.3 Å². The lowest BCUT2D eigenvalue weighted by Gasteiger charge is -2.34. The summed E-state index contributed by atoms with van der Waals surface area (Å²) in [6, 6.07) is 7.22. The molecule has 0 aliphatic carbocycles. The van der Waals surface area contributed by atoms with Gasteiger partial charge in [-0.1, -0.05) is 0 Å². The first-order valence-electron chi connectivity index (χ1n) is 12.5. The van der Waals surface area contributed by atoms with Crippen molar-refractivity contribution in [2.45, 2.75) is 13.3 Å². The molecule has 11 nitrogen and oxygen atoms in total. The molecule has 1 fully saturated rings. The van der Waals surface area contributed by atoms with Crippen LogP contribution in [0.15, 0.2) is 55.1 Å². The number of methoxy groups -OCH3 is 1. The molecule has 1 aromatic carbocycles. The van der Waals surface area contributed by atoms with Crippen molar-refractivity contribution in [2.24, 2.45) is 11.6 Å². The van der Waals surface area contributed by atoms with E-state index in [-0.39, 0.29) is 16.9 Å². The second kappa shape index (κ2) is 12.3. The monoisotopic (exact) mass is 572 g/mol. The molecule has 0 atom stereocenters. The number of aromatic nitrogens is 2. The number of amides is 1. The standard InChI is InChI=1S/C27H31F3N8O3/c1-17-25(38(32)16-24(31)18-8-23(40-3)15-33-13-18)9-19(14-34-17)26(39)35-20-10-21(37-6-4-36(2)5-7-37)12-22(11-20)41-27(28,29)30/h8-16H,4-7,31-32H2,1-3H3,(H,35,39)/b24-16-. The number of benzene rings is 1. The predicted molar refractivity (Wildman–Crippen MR) is 149 cm³/mol. The molecule has 0 radical (unpaired) electrons. The molecule has 218 valence electrons. The molecule has 0 saturated carbocycles. The molecule has 0 bridgehead atoms. The van der Waals surface area contributed by atoms with E-state index in [1.165, 1.54) is 42.8 Å². The van der Waals surface area contributed by atoms with E-state index < -0.39 is 18.0 Å². The number of anilines is 3. The number of halogens is 3. The molecule has 4 rings (SSSR count). The highest BCUT2D eigenvalue weighted by Crippen LogP contribution is 2.32. The Labute approximate surface area is 235 Å². The average Bonchev–Trinajstić information content (AvgIpc) is 2.92. The van der Waals surface area contributed by atoms with Gasteiger partial charge in [-0.15, -0.1) is 13.2 Å².